The predicted molar refractivity (Wildman–Crippen MR) is 67.1 cm³/mol. The van der Waals surface area contributed by atoms with E-state index in [1.807, 2.05) is 11.8 Å². The molecule has 0 saturated heterocycles. The third-order valence-electron chi connectivity index (χ3n) is 3.21. The quantitative estimate of drug-likeness (QED) is 0.654. The topological polar surface area (TPSA) is 12.0 Å². The minimum atomic E-state index is 0.623. The van der Waals surface area contributed by atoms with Crippen molar-refractivity contribution >= 4 is 11.8 Å². The molecule has 1 aliphatic carbocycles. The SMILES string of the molecule is CCSCCCNCC1(C)CCCC1. The van der Waals surface area contributed by atoms with Gasteiger partial charge in [0, 0.05) is 6.54 Å². The first-order chi connectivity index (χ1) is 6.77. The molecule has 1 nitrogen and oxygen atoms in total. The molecule has 0 aromatic rings. The highest BCUT2D eigenvalue weighted by molar-refractivity contribution is 7.99. The molecular formula is C12H25NS. The van der Waals surface area contributed by atoms with Crippen molar-refractivity contribution in [2.45, 2.75) is 46.0 Å². The second kappa shape index (κ2) is 6.73. The fourth-order valence-electron chi connectivity index (χ4n) is 2.24. The molecule has 0 amide bonds. The Bertz CT molecular complexity index is 141. The van der Waals surface area contributed by atoms with Crippen molar-refractivity contribution in [2.24, 2.45) is 5.41 Å². The maximum Gasteiger partial charge on any atom is 0.000516 e. The Labute approximate surface area is 93.4 Å². The Morgan fingerprint density at radius 3 is 2.64 bits per heavy atom. The van der Waals surface area contributed by atoms with E-state index in [4.69, 9.17) is 0 Å². The van der Waals surface area contributed by atoms with Gasteiger partial charge >= 0.3 is 0 Å². The molecule has 0 radical (unpaired) electrons. The highest BCUT2D eigenvalue weighted by Crippen LogP contribution is 2.36. The number of rotatable bonds is 7. The van der Waals surface area contributed by atoms with Crippen molar-refractivity contribution in [1.82, 2.24) is 5.32 Å². The van der Waals surface area contributed by atoms with Crippen LogP contribution in [0.1, 0.15) is 46.0 Å². The van der Waals surface area contributed by atoms with Crippen LogP contribution in [0.15, 0.2) is 0 Å². The maximum absolute atomic E-state index is 3.61. The summed E-state index contributed by atoms with van der Waals surface area (Å²) in [6.45, 7) is 7.12. The number of hydrogen-bond acceptors (Lipinski definition) is 2. The zero-order valence-electron chi connectivity index (χ0n) is 9.77. The van der Waals surface area contributed by atoms with E-state index < -0.39 is 0 Å². The summed E-state index contributed by atoms with van der Waals surface area (Å²) in [7, 11) is 0. The molecule has 1 aliphatic rings. The lowest BCUT2D eigenvalue weighted by Crippen LogP contribution is -2.30. The molecule has 0 aromatic carbocycles. The van der Waals surface area contributed by atoms with E-state index in [0.717, 1.165) is 0 Å². The minimum absolute atomic E-state index is 0.623. The Balaban J connectivity index is 1.92. The van der Waals surface area contributed by atoms with Gasteiger partial charge in [-0.15, -0.1) is 0 Å². The molecule has 0 aromatic heterocycles. The largest absolute Gasteiger partial charge is 0.316 e. The first kappa shape index (κ1) is 12.4. The van der Waals surface area contributed by atoms with Gasteiger partial charge in [-0.05, 0) is 42.7 Å². The zero-order chi connectivity index (χ0) is 10.3. The van der Waals surface area contributed by atoms with Crippen LogP contribution in [0.5, 0.6) is 0 Å². The lowest BCUT2D eigenvalue weighted by Gasteiger charge is -2.23. The van der Waals surface area contributed by atoms with E-state index in [1.165, 1.54) is 56.7 Å². The zero-order valence-corrected chi connectivity index (χ0v) is 10.6. The molecule has 1 fully saturated rings. The summed E-state index contributed by atoms with van der Waals surface area (Å²) in [5.74, 6) is 2.58. The molecule has 0 heterocycles. The molecular weight excluding hydrogens is 190 g/mol. The third-order valence-corrected chi connectivity index (χ3v) is 4.19. The van der Waals surface area contributed by atoms with Crippen LogP contribution >= 0.6 is 11.8 Å². The van der Waals surface area contributed by atoms with Gasteiger partial charge in [0.25, 0.3) is 0 Å². The third kappa shape index (κ3) is 4.70. The van der Waals surface area contributed by atoms with Gasteiger partial charge < -0.3 is 5.32 Å². The van der Waals surface area contributed by atoms with Crippen LogP contribution < -0.4 is 5.32 Å². The molecule has 0 atom stereocenters. The molecule has 0 bridgehead atoms. The molecule has 0 aliphatic heterocycles. The van der Waals surface area contributed by atoms with Crippen molar-refractivity contribution in [2.75, 3.05) is 24.6 Å². The molecule has 0 spiro atoms. The van der Waals surface area contributed by atoms with Gasteiger partial charge in [0.05, 0.1) is 0 Å². The van der Waals surface area contributed by atoms with Gasteiger partial charge in [-0.3, -0.25) is 0 Å². The van der Waals surface area contributed by atoms with E-state index in [2.05, 4.69) is 19.2 Å². The molecule has 1 N–H and O–H groups in total. The lowest BCUT2D eigenvalue weighted by molar-refractivity contribution is 0.316. The number of nitrogens with one attached hydrogen (secondary N) is 1. The van der Waals surface area contributed by atoms with E-state index in [-0.39, 0.29) is 0 Å². The van der Waals surface area contributed by atoms with Crippen LogP contribution in [0.25, 0.3) is 0 Å². The van der Waals surface area contributed by atoms with E-state index in [0.29, 0.717) is 5.41 Å². The monoisotopic (exact) mass is 215 g/mol. The first-order valence-electron chi connectivity index (χ1n) is 6.05. The van der Waals surface area contributed by atoms with Gasteiger partial charge in [0.15, 0.2) is 0 Å². The van der Waals surface area contributed by atoms with Crippen molar-refractivity contribution in [3.8, 4) is 0 Å². The van der Waals surface area contributed by atoms with Gasteiger partial charge in [0.2, 0.25) is 0 Å². The first-order valence-corrected chi connectivity index (χ1v) is 7.21. The smallest absolute Gasteiger partial charge is 0.000516 e. The van der Waals surface area contributed by atoms with Gasteiger partial charge in [-0.2, -0.15) is 11.8 Å². The molecule has 84 valence electrons. The van der Waals surface area contributed by atoms with Crippen LogP contribution in [0.4, 0.5) is 0 Å². The minimum Gasteiger partial charge on any atom is -0.316 e. The van der Waals surface area contributed by atoms with Gasteiger partial charge in [-0.25, -0.2) is 0 Å². The van der Waals surface area contributed by atoms with E-state index >= 15 is 0 Å². The molecule has 0 unspecified atom stereocenters. The fraction of sp³-hybridized carbons (Fsp3) is 1.00. The second-order valence-electron chi connectivity index (χ2n) is 4.75. The van der Waals surface area contributed by atoms with Crippen molar-refractivity contribution in [1.29, 1.82) is 0 Å². The van der Waals surface area contributed by atoms with E-state index in [9.17, 15) is 0 Å². The number of hydrogen-bond donors (Lipinski definition) is 1. The summed E-state index contributed by atoms with van der Waals surface area (Å²) in [6.07, 6.45) is 7.09. The standard InChI is InChI=1S/C12H25NS/c1-3-14-10-6-9-13-11-12(2)7-4-5-8-12/h13H,3-11H2,1-2H3. The molecule has 1 rings (SSSR count). The highest BCUT2D eigenvalue weighted by atomic mass is 32.2. The maximum atomic E-state index is 3.61. The highest BCUT2D eigenvalue weighted by Gasteiger charge is 2.27. The summed E-state index contributed by atoms with van der Waals surface area (Å²) in [5, 5.41) is 3.61. The van der Waals surface area contributed by atoms with Crippen LogP contribution in [-0.4, -0.2) is 24.6 Å². The Hall–Kier alpha value is 0.310. The summed E-state index contributed by atoms with van der Waals surface area (Å²) in [5.41, 5.74) is 0.623. The Morgan fingerprint density at radius 2 is 2.00 bits per heavy atom. The summed E-state index contributed by atoms with van der Waals surface area (Å²) in [4.78, 5) is 0. The lowest BCUT2D eigenvalue weighted by atomic mass is 9.89. The second-order valence-corrected chi connectivity index (χ2v) is 6.14. The average molecular weight is 215 g/mol. The fourth-order valence-corrected chi connectivity index (χ4v) is 2.88. The van der Waals surface area contributed by atoms with Crippen LogP contribution in [-0.2, 0) is 0 Å². The Kier molecular flexibility index (Phi) is 5.95. The van der Waals surface area contributed by atoms with Gasteiger partial charge in [-0.1, -0.05) is 26.7 Å². The van der Waals surface area contributed by atoms with E-state index in [1.54, 1.807) is 0 Å². The predicted octanol–water partition coefficient (Wildman–Crippen LogP) is 3.30. The molecule has 14 heavy (non-hydrogen) atoms. The molecule has 1 saturated carbocycles. The summed E-state index contributed by atoms with van der Waals surface area (Å²) in [6, 6.07) is 0. The Morgan fingerprint density at radius 1 is 1.29 bits per heavy atom. The van der Waals surface area contributed by atoms with Gasteiger partial charge in [0.1, 0.15) is 0 Å². The number of thioether (sulfide) groups is 1. The summed E-state index contributed by atoms with van der Waals surface area (Å²) < 4.78 is 0. The van der Waals surface area contributed by atoms with Crippen molar-refractivity contribution in [3.05, 3.63) is 0 Å². The van der Waals surface area contributed by atoms with Crippen molar-refractivity contribution in [3.63, 3.8) is 0 Å². The summed E-state index contributed by atoms with van der Waals surface area (Å²) >= 11 is 2.05. The van der Waals surface area contributed by atoms with Crippen LogP contribution in [0, 0.1) is 5.41 Å². The van der Waals surface area contributed by atoms with Crippen LogP contribution in [0.2, 0.25) is 0 Å². The average Bonchev–Trinajstić information content (AvgIpc) is 2.59. The molecule has 2 heteroatoms. The normalized spacial score (nSPS) is 20.1. The van der Waals surface area contributed by atoms with Crippen molar-refractivity contribution < 1.29 is 0 Å². The van der Waals surface area contributed by atoms with Crippen LogP contribution in [0.3, 0.4) is 0 Å².